The summed E-state index contributed by atoms with van der Waals surface area (Å²) in [5.74, 6) is -5.77. The largest absolute Gasteiger partial charge is 0.481 e. The van der Waals surface area contributed by atoms with Crippen LogP contribution in [0, 0.1) is 5.92 Å². The summed E-state index contributed by atoms with van der Waals surface area (Å²) in [6.07, 6.45) is 0.730. The lowest BCUT2D eigenvalue weighted by molar-refractivity contribution is -0.142. The molecule has 0 saturated carbocycles. The highest BCUT2D eigenvalue weighted by molar-refractivity contribution is 5.94. The Balaban J connectivity index is 2.15. The molecule has 0 unspecified atom stereocenters. The molecule has 0 spiro atoms. The smallest absolute Gasteiger partial charge is 0.326 e. The van der Waals surface area contributed by atoms with Crippen LogP contribution in [0.4, 0.5) is 0 Å². The number of carbonyl (C=O) groups is 6. The van der Waals surface area contributed by atoms with Crippen LogP contribution in [-0.4, -0.2) is 74.9 Å². The molecule has 14 heteroatoms. The van der Waals surface area contributed by atoms with Crippen LogP contribution in [0.15, 0.2) is 30.5 Å². The molecular formula is C27H38N6O8. The Hall–Kier alpha value is -4.46. The van der Waals surface area contributed by atoms with Gasteiger partial charge >= 0.3 is 11.9 Å². The van der Waals surface area contributed by atoms with Crippen LogP contribution < -0.4 is 27.4 Å². The number of carboxylic acid groups (broad SMARTS) is 2. The highest BCUT2D eigenvalue weighted by atomic mass is 16.4. The summed E-state index contributed by atoms with van der Waals surface area (Å²) in [4.78, 5) is 76.1. The van der Waals surface area contributed by atoms with E-state index in [1.54, 1.807) is 20.0 Å². The molecule has 1 aromatic carbocycles. The summed E-state index contributed by atoms with van der Waals surface area (Å²) in [7, 11) is 0. The normalized spacial score (nSPS) is 14.0. The van der Waals surface area contributed by atoms with Gasteiger partial charge in [-0.3, -0.25) is 24.0 Å². The number of aliphatic carboxylic acids is 2. The van der Waals surface area contributed by atoms with Gasteiger partial charge in [0.2, 0.25) is 23.6 Å². The molecule has 41 heavy (non-hydrogen) atoms. The van der Waals surface area contributed by atoms with E-state index in [0.717, 1.165) is 16.5 Å². The quantitative estimate of drug-likeness (QED) is 0.124. The molecule has 0 saturated heterocycles. The second kappa shape index (κ2) is 15.4. The lowest BCUT2D eigenvalue weighted by atomic mass is 10.0. The molecule has 1 aromatic heterocycles. The van der Waals surface area contributed by atoms with Crippen molar-refractivity contribution in [2.45, 2.75) is 76.5 Å². The van der Waals surface area contributed by atoms with Crippen molar-refractivity contribution in [3.05, 3.63) is 36.0 Å². The predicted octanol–water partition coefficient (Wildman–Crippen LogP) is -0.247. The Morgan fingerprint density at radius 2 is 1.44 bits per heavy atom. The predicted molar refractivity (Wildman–Crippen MR) is 148 cm³/mol. The molecule has 14 nitrogen and oxygen atoms in total. The minimum Gasteiger partial charge on any atom is -0.481 e. The molecule has 4 amide bonds. The first-order chi connectivity index (χ1) is 19.3. The van der Waals surface area contributed by atoms with E-state index in [0.29, 0.717) is 0 Å². The zero-order valence-electron chi connectivity index (χ0n) is 23.0. The maximum Gasteiger partial charge on any atom is 0.326 e. The van der Waals surface area contributed by atoms with E-state index in [-0.39, 0.29) is 38.0 Å². The highest BCUT2D eigenvalue weighted by Gasteiger charge is 2.31. The number of fused-ring (bicyclic) bond motifs is 1. The number of aromatic nitrogens is 1. The molecular weight excluding hydrogens is 536 g/mol. The first kappa shape index (κ1) is 32.8. The van der Waals surface area contributed by atoms with Gasteiger partial charge in [-0.1, -0.05) is 32.0 Å². The number of rotatable bonds is 17. The monoisotopic (exact) mass is 574 g/mol. The molecule has 0 fully saturated rings. The van der Waals surface area contributed by atoms with Gasteiger partial charge in [0, 0.05) is 29.9 Å². The maximum absolute atomic E-state index is 13.2. The Morgan fingerprint density at radius 1 is 0.854 bits per heavy atom. The van der Waals surface area contributed by atoms with Crippen LogP contribution in [0.5, 0.6) is 0 Å². The number of primary amides is 1. The summed E-state index contributed by atoms with van der Waals surface area (Å²) >= 11 is 0. The van der Waals surface area contributed by atoms with Gasteiger partial charge in [0.25, 0.3) is 0 Å². The molecule has 0 bridgehead atoms. The summed E-state index contributed by atoms with van der Waals surface area (Å²) in [5, 5.41) is 26.8. The third-order valence-corrected chi connectivity index (χ3v) is 6.37. The molecule has 0 aliphatic rings. The third-order valence-electron chi connectivity index (χ3n) is 6.37. The average Bonchev–Trinajstić information content (AvgIpc) is 3.30. The summed E-state index contributed by atoms with van der Waals surface area (Å²) in [6, 6.07) is 2.42. The molecule has 10 N–H and O–H groups in total. The van der Waals surface area contributed by atoms with Crippen LogP contribution in [0.2, 0.25) is 0 Å². The van der Waals surface area contributed by atoms with Crippen molar-refractivity contribution in [2.75, 3.05) is 0 Å². The fourth-order valence-electron chi connectivity index (χ4n) is 4.24. The number of benzene rings is 1. The van der Waals surface area contributed by atoms with Crippen molar-refractivity contribution < 1.29 is 39.0 Å². The zero-order chi connectivity index (χ0) is 30.7. The minimum atomic E-state index is -1.42. The van der Waals surface area contributed by atoms with Crippen molar-refractivity contribution in [3.63, 3.8) is 0 Å². The first-order valence-electron chi connectivity index (χ1n) is 13.2. The molecule has 0 radical (unpaired) electrons. The van der Waals surface area contributed by atoms with E-state index in [2.05, 4.69) is 20.9 Å². The topological polar surface area (TPSA) is 247 Å². The fraction of sp³-hybridized carbons (Fsp3) is 0.481. The number of hydrogen-bond acceptors (Lipinski definition) is 7. The number of nitrogens with one attached hydrogen (secondary N) is 4. The zero-order valence-corrected chi connectivity index (χ0v) is 23.0. The summed E-state index contributed by atoms with van der Waals surface area (Å²) in [6.45, 7) is 3.56. The van der Waals surface area contributed by atoms with E-state index in [4.69, 9.17) is 16.6 Å². The number of carboxylic acids is 2. The van der Waals surface area contributed by atoms with Crippen molar-refractivity contribution in [1.29, 1.82) is 0 Å². The Bertz CT molecular complexity index is 1260. The summed E-state index contributed by atoms with van der Waals surface area (Å²) < 4.78 is 0. The van der Waals surface area contributed by atoms with Gasteiger partial charge in [-0.2, -0.15) is 0 Å². The van der Waals surface area contributed by atoms with Gasteiger partial charge < -0.3 is 42.6 Å². The van der Waals surface area contributed by atoms with Crippen LogP contribution in [0.3, 0.4) is 0 Å². The number of nitrogens with two attached hydrogens (primary N) is 2. The lowest BCUT2D eigenvalue weighted by Crippen LogP contribution is -2.57. The second-order valence-electron chi connectivity index (χ2n) is 10.3. The number of H-pyrrole nitrogens is 1. The van der Waals surface area contributed by atoms with Crippen LogP contribution in [0.25, 0.3) is 10.9 Å². The first-order valence-corrected chi connectivity index (χ1v) is 13.2. The summed E-state index contributed by atoms with van der Waals surface area (Å²) in [5.41, 5.74) is 12.9. The molecule has 2 aromatic rings. The molecule has 2 rings (SSSR count). The number of para-hydroxylation sites is 1. The van der Waals surface area contributed by atoms with E-state index in [1.165, 1.54) is 0 Å². The van der Waals surface area contributed by atoms with Crippen molar-refractivity contribution >= 4 is 46.5 Å². The van der Waals surface area contributed by atoms with E-state index >= 15 is 0 Å². The van der Waals surface area contributed by atoms with Crippen molar-refractivity contribution in [1.82, 2.24) is 20.9 Å². The number of carbonyl (C=O) groups excluding carboxylic acids is 4. The highest BCUT2D eigenvalue weighted by Crippen LogP contribution is 2.19. The SMILES string of the molecule is CC(C)C[C@H](NC(=O)[C@H](CCC(=O)O)NC(=O)[C@@H](N)Cc1c[nH]c2ccccc12)C(=O)N[C@@H](CCC(N)=O)C(=O)O. The van der Waals surface area contributed by atoms with Crippen LogP contribution >= 0.6 is 0 Å². The maximum atomic E-state index is 13.2. The Labute approximate surface area is 236 Å². The van der Waals surface area contributed by atoms with Gasteiger partial charge in [-0.25, -0.2) is 4.79 Å². The number of hydrogen-bond donors (Lipinski definition) is 8. The van der Waals surface area contributed by atoms with Crippen LogP contribution in [0.1, 0.15) is 51.5 Å². The third kappa shape index (κ3) is 10.6. The Kier molecular flexibility index (Phi) is 12.3. The number of aromatic amines is 1. The number of amides is 4. The van der Waals surface area contributed by atoms with E-state index < -0.39 is 66.2 Å². The molecule has 224 valence electrons. The minimum absolute atomic E-state index is 0.111. The van der Waals surface area contributed by atoms with E-state index in [1.807, 2.05) is 24.3 Å². The van der Waals surface area contributed by atoms with Gasteiger partial charge in [-0.05, 0) is 43.2 Å². The molecule has 1 heterocycles. The van der Waals surface area contributed by atoms with E-state index in [9.17, 15) is 33.9 Å². The van der Waals surface area contributed by atoms with Gasteiger partial charge in [0.15, 0.2) is 0 Å². The van der Waals surface area contributed by atoms with Crippen molar-refractivity contribution in [2.24, 2.45) is 17.4 Å². The van der Waals surface area contributed by atoms with Gasteiger partial charge in [0.1, 0.15) is 18.1 Å². The van der Waals surface area contributed by atoms with Gasteiger partial charge in [0.05, 0.1) is 6.04 Å². The van der Waals surface area contributed by atoms with Crippen LogP contribution in [-0.2, 0) is 35.2 Å². The fourth-order valence-corrected chi connectivity index (χ4v) is 4.24. The standard InChI is InChI=1S/C27H38N6O8/c1-14(2)11-21(26(39)32-20(27(40)41)7-9-22(29)34)33-25(38)19(8-10-23(35)36)31-24(37)17(28)12-15-13-30-18-6-4-3-5-16(15)18/h3-6,13-14,17,19-21,30H,7-12,28H2,1-2H3,(H2,29,34)(H,31,37)(H,32,39)(H,33,38)(H,35,36)(H,40,41)/t17-,19-,20-,21-/m0/s1. The lowest BCUT2D eigenvalue weighted by Gasteiger charge is -2.26. The molecule has 0 aliphatic carbocycles. The van der Waals surface area contributed by atoms with Crippen molar-refractivity contribution in [3.8, 4) is 0 Å². The average molecular weight is 575 g/mol. The molecule has 0 aliphatic heterocycles. The molecule has 4 atom stereocenters. The second-order valence-corrected chi connectivity index (χ2v) is 10.3. The van der Waals surface area contributed by atoms with Gasteiger partial charge in [-0.15, -0.1) is 0 Å². The Morgan fingerprint density at radius 3 is 2.05 bits per heavy atom.